The van der Waals surface area contributed by atoms with Crippen molar-refractivity contribution in [1.82, 2.24) is 9.97 Å². The molecule has 0 amide bonds. The highest BCUT2D eigenvalue weighted by molar-refractivity contribution is 5.67. The Morgan fingerprint density at radius 1 is 1.17 bits per heavy atom. The van der Waals surface area contributed by atoms with Gasteiger partial charge in [0.15, 0.2) is 0 Å². The van der Waals surface area contributed by atoms with E-state index in [1.54, 1.807) is 18.3 Å². The minimum absolute atomic E-state index is 0.120. The van der Waals surface area contributed by atoms with Crippen molar-refractivity contribution in [1.29, 1.82) is 0 Å². The van der Waals surface area contributed by atoms with Crippen LogP contribution in [0, 0.1) is 5.82 Å². The van der Waals surface area contributed by atoms with Crippen LogP contribution >= 0.6 is 0 Å². The lowest BCUT2D eigenvalue weighted by atomic mass is 9.95. The molecule has 148 valence electrons. The Kier molecular flexibility index (Phi) is 5.37. The number of aliphatic carboxylic acids is 1. The lowest BCUT2D eigenvalue weighted by Crippen LogP contribution is -2.31. The van der Waals surface area contributed by atoms with Gasteiger partial charge in [-0.1, -0.05) is 18.2 Å². The highest BCUT2D eigenvalue weighted by atomic mass is 19.1. The van der Waals surface area contributed by atoms with Crippen LogP contribution in [-0.2, 0) is 24.2 Å². The van der Waals surface area contributed by atoms with Gasteiger partial charge in [-0.15, -0.1) is 0 Å². The molecule has 0 aliphatic carbocycles. The van der Waals surface area contributed by atoms with Gasteiger partial charge in [0.1, 0.15) is 11.6 Å². The second-order valence-electron chi connectivity index (χ2n) is 6.93. The summed E-state index contributed by atoms with van der Waals surface area (Å²) in [5, 5.41) is 8.86. The van der Waals surface area contributed by atoms with E-state index in [0.717, 1.165) is 17.5 Å². The monoisotopic (exact) mass is 393 g/mol. The summed E-state index contributed by atoms with van der Waals surface area (Å²) in [6.07, 6.45) is 6.00. The van der Waals surface area contributed by atoms with Crippen molar-refractivity contribution < 1.29 is 19.0 Å². The highest BCUT2D eigenvalue weighted by Gasteiger charge is 2.20. The average molecular weight is 393 g/mol. The Hall–Kier alpha value is -3.48. The first-order valence-electron chi connectivity index (χ1n) is 9.39. The van der Waals surface area contributed by atoms with Crippen molar-refractivity contribution in [2.24, 2.45) is 0 Å². The van der Waals surface area contributed by atoms with Crippen LogP contribution in [0.1, 0.15) is 23.1 Å². The molecule has 29 heavy (non-hydrogen) atoms. The molecule has 1 aliphatic heterocycles. The standard InChI is InChI=1S/C22H20FN3O3/c23-19-5-4-18(29-21-13-24-8-9-25-21)12-20(19)26-10-7-16-11-15(2-6-22(27)28)1-3-17(16)14-26/h1,3-5,8-9,11-13H,2,6-7,10,14H2,(H,27,28). The van der Waals surface area contributed by atoms with Crippen LogP contribution in [0.15, 0.2) is 55.0 Å². The molecular formula is C22H20FN3O3. The first-order valence-corrected chi connectivity index (χ1v) is 9.39. The number of anilines is 1. The minimum Gasteiger partial charge on any atom is -0.481 e. The Balaban J connectivity index is 1.51. The normalized spacial score (nSPS) is 13.1. The van der Waals surface area contributed by atoms with E-state index in [-0.39, 0.29) is 12.2 Å². The summed E-state index contributed by atoms with van der Waals surface area (Å²) in [4.78, 5) is 20.8. The zero-order chi connectivity index (χ0) is 20.2. The zero-order valence-electron chi connectivity index (χ0n) is 15.7. The van der Waals surface area contributed by atoms with E-state index in [0.29, 0.717) is 36.8 Å². The van der Waals surface area contributed by atoms with E-state index in [9.17, 15) is 9.18 Å². The number of fused-ring (bicyclic) bond motifs is 1. The summed E-state index contributed by atoms with van der Waals surface area (Å²) < 4.78 is 20.2. The first kappa shape index (κ1) is 18.9. The second-order valence-corrected chi connectivity index (χ2v) is 6.93. The molecule has 0 atom stereocenters. The van der Waals surface area contributed by atoms with Gasteiger partial charge in [0.05, 0.1) is 11.9 Å². The fourth-order valence-electron chi connectivity index (χ4n) is 3.48. The maximum absolute atomic E-state index is 14.5. The van der Waals surface area contributed by atoms with Gasteiger partial charge in [-0.25, -0.2) is 9.37 Å². The molecule has 1 aliphatic rings. The van der Waals surface area contributed by atoms with Crippen LogP contribution in [-0.4, -0.2) is 27.6 Å². The fourth-order valence-corrected chi connectivity index (χ4v) is 3.48. The molecule has 7 heteroatoms. The molecule has 2 heterocycles. The van der Waals surface area contributed by atoms with E-state index in [1.807, 2.05) is 17.0 Å². The van der Waals surface area contributed by atoms with Gasteiger partial charge in [0, 0.05) is 38.0 Å². The molecule has 1 N–H and O–H groups in total. The van der Waals surface area contributed by atoms with Crippen molar-refractivity contribution >= 4 is 11.7 Å². The number of hydrogen-bond donors (Lipinski definition) is 1. The number of carboxylic acid groups (broad SMARTS) is 1. The molecule has 2 aromatic carbocycles. The van der Waals surface area contributed by atoms with Crippen molar-refractivity contribution in [3.63, 3.8) is 0 Å². The van der Waals surface area contributed by atoms with E-state index in [2.05, 4.69) is 16.0 Å². The third-order valence-corrected chi connectivity index (χ3v) is 4.93. The van der Waals surface area contributed by atoms with Crippen LogP contribution in [0.5, 0.6) is 11.6 Å². The summed E-state index contributed by atoms with van der Waals surface area (Å²) in [5.41, 5.74) is 3.81. The third kappa shape index (κ3) is 4.51. The number of carbonyl (C=O) groups is 1. The number of carboxylic acids is 1. The SMILES string of the molecule is O=C(O)CCc1ccc2c(c1)CCN(c1cc(Oc3cnccn3)ccc1F)C2. The number of ether oxygens (including phenoxy) is 1. The molecule has 0 saturated heterocycles. The predicted octanol–water partition coefficient (Wildman–Crippen LogP) is 3.99. The lowest BCUT2D eigenvalue weighted by molar-refractivity contribution is -0.136. The van der Waals surface area contributed by atoms with E-state index in [4.69, 9.17) is 9.84 Å². The molecule has 0 fully saturated rings. The van der Waals surface area contributed by atoms with Gasteiger partial charge in [-0.05, 0) is 41.7 Å². The molecule has 0 saturated carbocycles. The largest absolute Gasteiger partial charge is 0.481 e. The second kappa shape index (κ2) is 8.26. The maximum atomic E-state index is 14.5. The smallest absolute Gasteiger partial charge is 0.303 e. The molecule has 6 nitrogen and oxygen atoms in total. The van der Waals surface area contributed by atoms with Gasteiger partial charge in [-0.2, -0.15) is 0 Å². The number of nitrogens with zero attached hydrogens (tertiary/aromatic N) is 3. The molecule has 0 spiro atoms. The molecule has 0 unspecified atom stereocenters. The molecule has 0 radical (unpaired) electrons. The molecule has 3 aromatic rings. The van der Waals surface area contributed by atoms with E-state index >= 15 is 0 Å². The maximum Gasteiger partial charge on any atom is 0.303 e. The van der Waals surface area contributed by atoms with Gasteiger partial charge >= 0.3 is 5.97 Å². The van der Waals surface area contributed by atoms with Crippen LogP contribution in [0.4, 0.5) is 10.1 Å². The lowest BCUT2D eigenvalue weighted by Gasteiger charge is -2.31. The molecule has 0 bridgehead atoms. The van der Waals surface area contributed by atoms with Crippen LogP contribution in [0.2, 0.25) is 0 Å². The van der Waals surface area contributed by atoms with Crippen molar-refractivity contribution in [2.45, 2.75) is 25.8 Å². The molecule has 4 rings (SSSR count). The Morgan fingerprint density at radius 2 is 2.07 bits per heavy atom. The zero-order valence-corrected chi connectivity index (χ0v) is 15.7. The predicted molar refractivity (Wildman–Crippen MR) is 106 cm³/mol. The molecule has 1 aromatic heterocycles. The third-order valence-electron chi connectivity index (χ3n) is 4.93. The highest BCUT2D eigenvalue weighted by Crippen LogP contribution is 2.31. The summed E-state index contributed by atoms with van der Waals surface area (Å²) in [6.45, 7) is 1.25. The first-order chi connectivity index (χ1) is 14.1. The average Bonchev–Trinajstić information content (AvgIpc) is 2.74. The summed E-state index contributed by atoms with van der Waals surface area (Å²) in [7, 11) is 0. The Labute approximate surface area is 167 Å². The quantitative estimate of drug-likeness (QED) is 0.683. The topological polar surface area (TPSA) is 75.5 Å². The van der Waals surface area contributed by atoms with Gasteiger partial charge < -0.3 is 14.7 Å². The number of benzene rings is 2. The van der Waals surface area contributed by atoms with Crippen LogP contribution in [0.25, 0.3) is 0 Å². The van der Waals surface area contributed by atoms with Gasteiger partial charge in [-0.3, -0.25) is 9.78 Å². The Bertz CT molecular complexity index is 1030. The van der Waals surface area contributed by atoms with Crippen molar-refractivity contribution in [2.75, 3.05) is 11.4 Å². The summed E-state index contributed by atoms with van der Waals surface area (Å²) in [5.74, 6) is -0.259. The van der Waals surface area contributed by atoms with Gasteiger partial charge in [0.25, 0.3) is 0 Å². The van der Waals surface area contributed by atoms with Crippen molar-refractivity contribution in [3.05, 3.63) is 77.5 Å². The minimum atomic E-state index is -0.798. The van der Waals surface area contributed by atoms with Crippen LogP contribution in [0.3, 0.4) is 0 Å². The number of aryl methyl sites for hydroxylation is 1. The summed E-state index contributed by atoms with van der Waals surface area (Å²) in [6, 6.07) is 10.7. The summed E-state index contributed by atoms with van der Waals surface area (Å²) >= 11 is 0. The van der Waals surface area contributed by atoms with Crippen molar-refractivity contribution in [3.8, 4) is 11.6 Å². The van der Waals surface area contributed by atoms with Crippen LogP contribution < -0.4 is 9.64 Å². The number of hydrogen-bond acceptors (Lipinski definition) is 5. The number of rotatable bonds is 6. The van der Waals surface area contributed by atoms with Gasteiger partial charge in [0.2, 0.25) is 5.88 Å². The number of halogens is 1. The number of aromatic nitrogens is 2. The van der Waals surface area contributed by atoms with E-state index < -0.39 is 5.97 Å². The Morgan fingerprint density at radius 3 is 2.86 bits per heavy atom. The molecular weight excluding hydrogens is 373 g/mol. The fraction of sp³-hybridized carbons (Fsp3) is 0.227. The van der Waals surface area contributed by atoms with E-state index in [1.165, 1.54) is 24.0 Å².